The second-order valence-corrected chi connectivity index (χ2v) is 4.33. The topological polar surface area (TPSA) is 59.0 Å². The first-order valence-corrected chi connectivity index (χ1v) is 5.79. The van der Waals surface area contributed by atoms with E-state index in [-0.39, 0.29) is 0 Å². The van der Waals surface area contributed by atoms with Crippen LogP contribution < -0.4 is 10.5 Å². The lowest BCUT2D eigenvalue weighted by Crippen LogP contribution is -1.94. The van der Waals surface area contributed by atoms with Crippen molar-refractivity contribution in [3.8, 4) is 17.6 Å². The third-order valence-electron chi connectivity index (χ3n) is 2.28. The third-order valence-corrected chi connectivity index (χ3v) is 3.00. The van der Waals surface area contributed by atoms with Gasteiger partial charge >= 0.3 is 0 Å². The van der Waals surface area contributed by atoms with Crippen LogP contribution in [0.25, 0.3) is 0 Å². The van der Waals surface area contributed by atoms with Crippen LogP contribution in [0.2, 0.25) is 10.0 Å². The van der Waals surface area contributed by atoms with Gasteiger partial charge in [0, 0.05) is 6.07 Å². The number of rotatable bonds is 2. The molecule has 2 N–H and O–H groups in total. The molecule has 0 saturated heterocycles. The minimum absolute atomic E-state index is 0.343. The van der Waals surface area contributed by atoms with E-state index in [1.807, 2.05) is 6.07 Å². The molecule has 2 aromatic carbocycles. The normalized spacial score (nSPS) is 9.83. The van der Waals surface area contributed by atoms with Gasteiger partial charge in [0.05, 0.1) is 21.3 Å². The van der Waals surface area contributed by atoms with Crippen LogP contribution in [0.1, 0.15) is 5.56 Å². The lowest BCUT2D eigenvalue weighted by molar-refractivity contribution is 0.483. The molecule has 0 bridgehead atoms. The molecule has 0 heterocycles. The van der Waals surface area contributed by atoms with Crippen LogP contribution in [-0.2, 0) is 0 Å². The predicted octanol–water partition coefficient (Wildman–Crippen LogP) is 4.24. The van der Waals surface area contributed by atoms with E-state index in [1.54, 1.807) is 24.3 Å². The summed E-state index contributed by atoms with van der Waals surface area (Å²) in [5.41, 5.74) is 6.56. The van der Waals surface area contributed by atoms with Crippen LogP contribution in [0.4, 0.5) is 5.69 Å². The molecule has 90 valence electrons. The summed E-state index contributed by atoms with van der Waals surface area (Å²) in [7, 11) is 0. The summed E-state index contributed by atoms with van der Waals surface area (Å²) in [6.07, 6.45) is 0. The molecule has 5 heteroatoms. The van der Waals surface area contributed by atoms with Crippen LogP contribution in [0, 0.1) is 11.3 Å². The molecule has 2 rings (SSSR count). The number of hydrogen-bond donors (Lipinski definition) is 1. The van der Waals surface area contributed by atoms with E-state index in [1.165, 1.54) is 12.1 Å². The monoisotopic (exact) mass is 278 g/mol. The molecule has 0 atom stereocenters. The van der Waals surface area contributed by atoms with Crippen molar-refractivity contribution in [3.05, 3.63) is 52.0 Å². The number of nitriles is 1. The third kappa shape index (κ3) is 2.51. The van der Waals surface area contributed by atoms with Gasteiger partial charge < -0.3 is 10.5 Å². The van der Waals surface area contributed by atoms with Crippen LogP contribution in [0.15, 0.2) is 36.4 Å². The van der Waals surface area contributed by atoms with E-state index < -0.39 is 0 Å². The fourth-order valence-corrected chi connectivity index (χ4v) is 1.72. The molecule has 0 aromatic heterocycles. The average molecular weight is 279 g/mol. The first kappa shape index (κ1) is 12.6. The fraction of sp³-hybridized carbons (Fsp3) is 0. The Morgan fingerprint density at radius 3 is 2.44 bits per heavy atom. The van der Waals surface area contributed by atoms with Crippen molar-refractivity contribution in [1.29, 1.82) is 5.26 Å². The summed E-state index contributed by atoms with van der Waals surface area (Å²) < 4.78 is 5.58. The Balaban J connectivity index is 2.41. The van der Waals surface area contributed by atoms with Gasteiger partial charge in [0.1, 0.15) is 11.8 Å². The van der Waals surface area contributed by atoms with E-state index in [0.717, 1.165) is 0 Å². The van der Waals surface area contributed by atoms with E-state index in [9.17, 15) is 0 Å². The van der Waals surface area contributed by atoms with Crippen molar-refractivity contribution >= 4 is 28.9 Å². The van der Waals surface area contributed by atoms with E-state index in [4.69, 9.17) is 38.9 Å². The van der Waals surface area contributed by atoms with E-state index in [2.05, 4.69) is 0 Å². The van der Waals surface area contributed by atoms with Gasteiger partial charge in [0.25, 0.3) is 0 Å². The smallest absolute Gasteiger partial charge is 0.151 e. The standard InChI is InChI=1S/C13H8Cl2N2O/c14-9-5-11(17)13(6-10(9)15)18-12-4-2-1-3-8(12)7-16/h1-6H,17H2. The number of para-hydroxylation sites is 1. The Hall–Kier alpha value is -1.89. The lowest BCUT2D eigenvalue weighted by Gasteiger charge is -2.10. The molecular weight excluding hydrogens is 271 g/mol. The van der Waals surface area contributed by atoms with Gasteiger partial charge in [-0.25, -0.2) is 0 Å². The SMILES string of the molecule is N#Cc1ccccc1Oc1cc(Cl)c(Cl)cc1N. The molecule has 3 nitrogen and oxygen atoms in total. The summed E-state index contributed by atoms with van der Waals surface area (Å²) in [4.78, 5) is 0. The number of nitrogens with zero attached hydrogens (tertiary/aromatic N) is 1. The molecule has 0 aliphatic carbocycles. The van der Waals surface area contributed by atoms with Crippen LogP contribution >= 0.6 is 23.2 Å². The summed E-state index contributed by atoms with van der Waals surface area (Å²) in [5, 5.41) is 9.66. The molecule has 0 spiro atoms. The molecule has 0 saturated carbocycles. The number of nitrogen functional groups attached to an aromatic ring is 1. The highest BCUT2D eigenvalue weighted by Gasteiger charge is 2.09. The van der Waals surface area contributed by atoms with Crippen molar-refractivity contribution in [3.63, 3.8) is 0 Å². The van der Waals surface area contributed by atoms with Gasteiger partial charge in [-0.05, 0) is 18.2 Å². The van der Waals surface area contributed by atoms with Gasteiger partial charge in [-0.15, -0.1) is 0 Å². The number of hydrogen-bond acceptors (Lipinski definition) is 3. The summed E-state index contributed by atoms with van der Waals surface area (Å²) in [5.74, 6) is 0.789. The number of benzene rings is 2. The Morgan fingerprint density at radius 1 is 1.06 bits per heavy atom. The fourth-order valence-electron chi connectivity index (χ4n) is 1.40. The van der Waals surface area contributed by atoms with Crippen molar-refractivity contribution in [1.82, 2.24) is 0 Å². The first-order valence-electron chi connectivity index (χ1n) is 5.03. The molecule has 0 unspecified atom stereocenters. The summed E-state index contributed by atoms with van der Waals surface area (Å²) in [6, 6.07) is 11.9. The minimum Gasteiger partial charge on any atom is -0.454 e. The number of ether oxygens (including phenoxy) is 1. The van der Waals surface area contributed by atoms with Crippen LogP contribution in [-0.4, -0.2) is 0 Å². The zero-order valence-electron chi connectivity index (χ0n) is 9.15. The molecule has 0 amide bonds. The Kier molecular flexibility index (Phi) is 3.61. The van der Waals surface area contributed by atoms with Gasteiger partial charge in [0.15, 0.2) is 5.75 Å². The Labute approximate surface area is 114 Å². The first-order chi connectivity index (χ1) is 8.61. The van der Waals surface area contributed by atoms with E-state index >= 15 is 0 Å². The molecular formula is C13H8Cl2N2O. The summed E-state index contributed by atoms with van der Waals surface area (Å²) in [6.45, 7) is 0. The maximum absolute atomic E-state index is 8.96. The van der Waals surface area contributed by atoms with Crippen LogP contribution in [0.3, 0.4) is 0 Å². The summed E-state index contributed by atoms with van der Waals surface area (Å²) >= 11 is 11.7. The molecule has 0 aliphatic rings. The lowest BCUT2D eigenvalue weighted by atomic mass is 10.2. The molecule has 0 radical (unpaired) electrons. The molecule has 0 aliphatic heterocycles. The largest absolute Gasteiger partial charge is 0.454 e. The maximum Gasteiger partial charge on any atom is 0.151 e. The van der Waals surface area contributed by atoms with E-state index in [0.29, 0.717) is 32.8 Å². The highest BCUT2D eigenvalue weighted by atomic mass is 35.5. The van der Waals surface area contributed by atoms with Gasteiger partial charge in [-0.1, -0.05) is 35.3 Å². The zero-order chi connectivity index (χ0) is 13.1. The van der Waals surface area contributed by atoms with Crippen LogP contribution in [0.5, 0.6) is 11.5 Å². The van der Waals surface area contributed by atoms with Gasteiger partial charge in [-0.2, -0.15) is 5.26 Å². The van der Waals surface area contributed by atoms with Crippen molar-refractivity contribution in [2.75, 3.05) is 5.73 Å². The number of halogens is 2. The highest BCUT2D eigenvalue weighted by Crippen LogP contribution is 2.35. The second kappa shape index (κ2) is 5.18. The average Bonchev–Trinajstić information content (AvgIpc) is 2.36. The second-order valence-electron chi connectivity index (χ2n) is 3.51. The van der Waals surface area contributed by atoms with Gasteiger partial charge in [0.2, 0.25) is 0 Å². The quantitative estimate of drug-likeness (QED) is 0.836. The molecule has 18 heavy (non-hydrogen) atoms. The van der Waals surface area contributed by atoms with Gasteiger partial charge in [-0.3, -0.25) is 0 Å². The Morgan fingerprint density at radius 2 is 1.72 bits per heavy atom. The maximum atomic E-state index is 8.96. The molecule has 2 aromatic rings. The van der Waals surface area contributed by atoms with Crippen molar-refractivity contribution in [2.45, 2.75) is 0 Å². The minimum atomic E-state index is 0.343. The van der Waals surface area contributed by atoms with Crippen molar-refractivity contribution in [2.24, 2.45) is 0 Å². The predicted molar refractivity (Wildman–Crippen MR) is 72.1 cm³/mol. The molecule has 0 fully saturated rings. The highest BCUT2D eigenvalue weighted by molar-refractivity contribution is 6.42. The van der Waals surface area contributed by atoms with Crippen molar-refractivity contribution < 1.29 is 4.74 Å². The number of nitrogens with two attached hydrogens (primary N) is 1. The Bertz CT molecular complexity index is 635. The zero-order valence-corrected chi connectivity index (χ0v) is 10.7. The number of anilines is 1.